The van der Waals surface area contributed by atoms with Gasteiger partial charge in [0.15, 0.2) is 0 Å². The fourth-order valence-corrected chi connectivity index (χ4v) is 2.78. The van der Waals surface area contributed by atoms with Crippen LogP contribution in [0, 0.1) is 0 Å². The molecule has 1 aliphatic rings. The highest BCUT2D eigenvalue weighted by Gasteiger charge is 2.11. The van der Waals surface area contributed by atoms with Gasteiger partial charge in [-0.1, -0.05) is 19.8 Å². The molecule has 0 atom stereocenters. The number of amides is 1. The van der Waals surface area contributed by atoms with Gasteiger partial charge in [-0.15, -0.1) is 0 Å². The van der Waals surface area contributed by atoms with Gasteiger partial charge in [0.25, 0.3) is 0 Å². The lowest BCUT2D eigenvalue weighted by Gasteiger charge is -2.18. The van der Waals surface area contributed by atoms with Crippen molar-refractivity contribution in [1.82, 2.24) is 5.32 Å². The summed E-state index contributed by atoms with van der Waals surface area (Å²) in [5, 5.41) is 6.28. The number of rotatable bonds is 9. The normalized spacial score (nSPS) is 14.1. The molecular formula is C18H29N3O. The van der Waals surface area contributed by atoms with Gasteiger partial charge in [0.1, 0.15) is 0 Å². The second-order valence-corrected chi connectivity index (χ2v) is 5.97. The van der Waals surface area contributed by atoms with Crippen LogP contribution in [-0.2, 0) is 4.79 Å². The number of nitrogens with one attached hydrogen (secondary N) is 2. The Morgan fingerprint density at radius 1 is 1.09 bits per heavy atom. The molecule has 0 aromatic heterocycles. The first kappa shape index (κ1) is 16.7. The molecule has 0 bridgehead atoms. The van der Waals surface area contributed by atoms with E-state index in [1.807, 2.05) is 0 Å². The Morgan fingerprint density at radius 3 is 2.50 bits per heavy atom. The Balaban J connectivity index is 1.63. The summed E-state index contributed by atoms with van der Waals surface area (Å²) in [4.78, 5) is 14.1. The molecule has 122 valence electrons. The van der Waals surface area contributed by atoms with Gasteiger partial charge < -0.3 is 15.5 Å². The molecule has 1 aromatic rings. The predicted octanol–water partition coefficient (Wildman–Crippen LogP) is 3.40. The minimum atomic E-state index is 0.136. The summed E-state index contributed by atoms with van der Waals surface area (Å²) < 4.78 is 0. The van der Waals surface area contributed by atoms with E-state index < -0.39 is 0 Å². The van der Waals surface area contributed by atoms with Crippen molar-refractivity contribution >= 4 is 17.3 Å². The van der Waals surface area contributed by atoms with E-state index in [4.69, 9.17) is 0 Å². The molecule has 4 heteroatoms. The van der Waals surface area contributed by atoms with E-state index in [9.17, 15) is 4.79 Å². The maximum Gasteiger partial charge on any atom is 0.221 e. The second-order valence-electron chi connectivity index (χ2n) is 5.97. The van der Waals surface area contributed by atoms with Crippen molar-refractivity contribution in [3.05, 3.63) is 24.3 Å². The van der Waals surface area contributed by atoms with E-state index in [-0.39, 0.29) is 5.91 Å². The van der Waals surface area contributed by atoms with Crippen molar-refractivity contribution in [1.29, 1.82) is 0 Å². The summed E-state index contributed by atoms with van der Waals surface area (Å²) in [5.41, 5.74) is 2.39. The molecule has 1 fully saturated rings. The Bertz CT molecular complexity index is 438. The van der Waals surface area contributed by atoms with E-state index in [0.29, 0.717) is 13.0 Å². The van der Waals surface area contributed by atoms with Crippen LogP contribution in [0.3, 0.4) is 0 Å². The third-order valence-corrected chi connectivity index (χ3v) is 4.12. The summed E-state index contributed by atoms with van der Waals surface area (Å²) in [7, 11) is 0. The van der Waals surface area contributed by atoms with Crippen LogP contribution < -0.4 is 15.5 Å². The highest BCUT2D eigenvalue weighted by atomic mass is 16.1. The van der Waals surface area contributed by atoms with Crippen molar-refractivity contribution in [2.45, 2.75) is 45.4 Å². The number of nitrogens with zero attached hydrogens (tertiary/aromatic N) is 1. The molecule has 1 aromatic carbocycles. The zero-order valence-corrected chi connectivity index (χ0v) is 13.7. The molecule has 4 nitrogen and oxygen atoms in total. The molecule has 0 saturated carbocycles. The first-order valence-electron chi connectivity index (χ1n) is 8.65. The van der Waals surface area contributed by atoms with Crippen molar-refractivity contribution in [2.24, 2.45) is 0 Å². The van der Waals surface area contributed by atoms with Crippen LogP contribution in [0.15, 0.2) is 24.3 Å². The Hall–Kier alpha value is -1.71. The number of benzene rings is 1. The van der Waals surface area contributed by atoms with Crippen LogP contribution in [0.25, 0.3) is 0 Å². The average molecular weight is 303 g/mol. The van der Waals surface area contributed by atoms with Crippen LogP contribution >= 0.6 is 0 Å². The van der Waals surface area contributed by atoms with Crippen LogP contribution in [0.4, 0.5) is 11.4 Å². The number of carbonyl (C=O) groups excluding carboxylic acids is 1. The Kier molecular flexibility index (Phi) is 7.07. The molecule has 0 unspecified atom stereocenters. The first-order chi connectivity index (χ1) is 10.8. The van der Waals surface area contributed by atoms with Gasteiger partial charge >= 0.3 is 0 Å². The molecule has 22 heavy (non-hydrogen) atoms. The molecular weight excluding hydrogens is 274 g/mol. The summed E-state index contributed by atoms with van der Waals surface area (Å²) in [6.45, 7) is 6.00. The molecule has 1 heterocycles. The molecule has 0 radical (unpaired) electrons. The van der Waals surface area contributed by atoms with E-state index >= 15 is 0 Å². The zero-order valence-electron chi connectivity index (χ0n) is 13.7. The minimum Gasteiger partial charge on any atom is -0.385 e. The van der Waals surface area contributed by atoms with Gasteiger partial charge in [0, 0.05) is 44.0 Å². The Morgan fingerprint density at radius 2 is 1.82 bits per heavy atom. The number of hydrogen-bond acceptors (Lipinski definition) is 3. The third-order valence-electron chi connectivity index (χ3n) is 4.12. The molecule has 2 rings (SSSR count). The van der Waals surface area contributed by atoms with Crippen LogP contribution in [-0.4, -0.2) is 32.1 Å². The fraction of sp³-hybridized carbons (Fsp3) is 0.611. The van der Waals surface area contributed by atoms with E-state index in [2.05, 4.69) is 46.7 Å². The fourth-order valence-electron chi connectivity index (χ4n) is 2.78. The van der Waals surface area contributed by atoms with E-state index in [0.717, 1.165) is 18.7 Å². The maximum atomic E-state index is 11.7. The lowest BCUT2D eigenvalue weighted by atomic mass is 10.2. The van der Waals surface area contributed by atoms with Gasteiger partial charge in [-0.3, -0.25) is 4.79 Å². The molecule has 0 spiro atoms. The number of hydrogen-bond donors (Lipinski definition) is 2. The van der Waals surface area contributed by atoms with Crippen LogP contribution in [0.1, 0.15) is 45.4 Å². The third kappa shape index (κ3) is 5.58. The maximum absolute atomic E-state index is 11.7. The molecule has 1 amide bonds. The largest absolute Gasteiger partial charge is 0.385 e. The molecule has 0 aliphatic carbocycles. The smallest absolute Gasteiger partial charge is 0.221 e. The van der Waals surface area contributed by atoms with Crippen LogP contribution in [0.5, 0.6) is 0 Å². The summed E-state index contributed by atoms with van der Waals surface area (Å²) in [6.07, 6.45) is 6.57. The topological polar surface area (TPSA) is 44.4 Å². The second kappa shape index (κ2) is 9.34. The van der Waals surface area contributed by atoms with Gasteiger partial charge in [-0.25, -0.2) is 0 Å². The summed E-state index contributed by atoms with van der Waals surface area (Å²) in [6, 6.07) is 8.54. The van der Waals surface area contributed by atoms with Gasteiger partial charge in [0.05, 0.1) is 0 Å². The molecule has 2 N–H and O–H groups in total. The first-order valence-corrected chi connectivity index (χ1v) is 8.65. The minimum absolute atomic E-state index is 0.136. The van der Waals surface area contributed by atoms with Gasteiger partial charge in [-0.05, 0) is 43.5 Å². The van der Waals surface area contributed by atoms with Crippen molar-refractivity contribution in [3.63, 3.8) is 0 Å². The SMILES string of the molecule is CCCCCNC(=O)CCNc1ccc(N2CCCC2)cc1. The highest BCUT2D eigenvalue weighted by molar-refractivity contribution is 5.76. The van der Waals surface area contributed by atoms with Gasteiger partial charge in [-0.2, -0.15) is 0 Å². The van der Waals surface area contributed by atoms with Crippen molar-refractivity contribution in [2.75, 3.05) is 36.4 Å². The zero-order chi connectivity index (χ0) is 15.6. The molecule has 1 saturated heterocycles. The summed E-state index contributed by atoms with van der Waals surface area (Å²) in [5.74, 6) is 0.136. The van der Waals surface area contributed by atoms with Crippen LogP contribution in [0.2, 0.25) is 0 Å². The van der Waals surface area contributed by atoms with Crippen molar-refractivity contribution < 1.29 is 4.79 Å². The van der Waals surface area contributed by atoms with E-state index in [1.54, 1.807) is 0 Å². The summed E-state index contributed by atoms with van der Waals surface area (Å²) >= 11 is 0. The number of unbranched alkanes of at least 4 members (excludes halogenated alkanes) is 2. The quantitative estimate of drug-likeness (QED) is 0.687. The van der Waals surface area contributed by atoms with Crippen molar-refractivity contribution in [3.8, 4) is 0 Å². The number of anilines is 2. The Labute approximate surface area is 134 Å². The van der Waals surface area contributed by atoms with Gasteiger partial charge in [0.2, 0.25) is 5.91 Å². The lowest BCUT2D eigenvalue weighted by Crippen LogP contribution is -2.26. The lowest BCUT2D eigenvalue weighted by molar-refractivity contribution is -0.120. The monoisotopic (exact) mass is 303 g/mol. The average Bonchev–Trinajstić information content (AvgIpc) is 3.07. The molecule has 1 aliphatic heterocycles. The predicted molar refractivity (Wildman–Crippen MR) is 93.5 cm³/mol. The number of carbonyl (C=O) groups is 1. The standard InChI is InChI=1S/C18H29N3O/c1-2-3-4-12-20-18(22)11-13-19-16-7-9-17(10-8-16)21-14-5-6-15-21/h7-10,19H,2-6,11-15H2,1H3,(H,20,22). The highest BCUT2D eigenvalue weighted by Crippen LogP contribution is 2.21. The van der Waals surface area contributed by atoms with E-state index in [1.165, 1.54) is 44.5 Å².